The lowest BCUT2D eigenvalue weighted by Crippen LogP contribution is -2.51. The summed E-state index contributed by atoms with van der Waals surface area (Å²) >= 11 is 18.3. The van der Waals surface area contributed by atoms with Crippen LogP contribution in [0.2, 0.25) is 15.1 Å². The van der Waals surface area contributed by atoms with E-state index < -0.39 is 6.04 Å². The average Bonchev–Trinajstić information content (AvgIpc) is 3.22. The van der Waals surface area contributed by atoms with Crippen LogP contribution in [0, 0.1) is 5.92 Å². The molecule has 2 heterocycles. The SMILES string of the molecule is CC(C)C[C@H](C(=O)CCc1ccc(Cl)c(Cl)c1)N1CCC(CCc2ccc(Cl)cc2)N2C[C@H](N)C[C@H]2C1=O. The van der Waals surface area contributed by atoms with Crippen molar-refractivity contribution in [1.29, 1.82) is 0 Å². The minimum atomic E-state index is -0.432. The number of benzene rings is 2. The summed E-state index contributed by atoms with van der Waals surface area (Å²) in [5.41, 5.74) is 8.58. The van der Waals surface area contributed by atoms with Gasteiger partial charge in [-0.1, -0.05) is 66.8 Å². The lowest BCUT2D eigenvalue weighted by molar-refractivity contribution is -0.142. The van der Waals surface area contributed by atoms with Gasteiger partial charge in [0.25, 0.3) is 0 Å². The monoisotopic (exact) mass is 577 g/mol. The van der Waals surface area contributed by atoms with Crippen LogP contribution in [0.25, 0.3) is 0 Å². The lowest BCUT2D eigenvalue weighted by atomic mass is 9.94. The van der Waals surface area contributed by atoms with Crippen molar-refractivity contribution in [2.24, 2.45) is 11.7 Å². The molecule has 0 saturated carbocycles. The van der Waals surface area contributed by atoms with Crippen molar-refractivity contribution in [1.82, 2.24) is 9.80 Å². The number of nitrogens with two attached hydrogens (primary N) is 1. The standard InChI is InChI=1S/C30H38Cl3N3O2/c1-19(2)15-27(29(37)12-7-21-6-11-25(32)26(33)16-21)35-14-13-24(10-5-20-3-8-22(31)9-4-20)36-18-23(34)17-28(36)30(35)38/h3-4,6,8-9,11,16,19,23-24,27-28H,5,7,10,12-15,17-18,34H2,1-2H3/t23-,24?,27-,28+/m1/s1. The van der Waals surface area contributed by atoms with Crippen LogP contribution in [0.15, 0.2) is 42.5 Å². The van der Waals surface area contributed by atoms with E-state index in [0.29, 0.717) is 42.3 Å². The fourth-order valence-corrected chi connectivity index (χ4v) is 6.36. The Morgan fingerprint density at radius 1 is 1.03 bits per heavy atom. The van der Waals surface area contributed by atoms with Gasteiger partial charge < -0.3 is 10.6 Å². The van der Waals surface area contributed by atoms with Crippen LogP contribution >= 0.6 is 34.8 Å². The Hall–Kier alpha value is -1.63. The van der Waals surface area contributed by atoms with Gasteiger partial charge in [0.2, 0.25) is 5.91 Å². The molecule has 0 aromatic heterocycles. The summed E-state index contributed by atoms with van der Waals surface area (Å²) in [6.07, 6.45) is 4.89. The molecule has 38 heavy (non-hydrogen) atoms. The second-order valence-corrected chi connectivity index (χ2v) is 12.5. The number of aryl methyl sites for hydroxylation is 2. The molecule has 2 aliphatic heterocycles. The van der Waals surface area contributed by atoms with Crippen LogP contribution in [0.3, 0.4) is 0 Å². The molecule has 2 N–H and O–H groups in total. The maximum Gasteiger partial charge on any atom is 0.240 e. The molecule has 0 aliphatic carbocycles. The van der Waals surface area contributed by atoms with Gasteiger partial charge in [-0.3, -0.25) is 14.5 Å². The van der Waals surface area contributed by atoms with Gasteiger partial charge in [-0.15, -0.1) is 0 Å². The third kappa shape index (κ3) is 7.31. The number of amides is 1. The second kappa shape index (κ2) is 13.1. The molecular weight excluding hydrogens is 541 g/mol. The van der Waals surface area contributed by atoms with Gasteiger partial charge in [-0.25, -0.2) is 0 Å². The summed E-state index contributed by atoms with van der Waals surface area (Å²) in [7, 11) is 0. The van der Waals surface area contributed by atoms with E-state index in [4.69, 9.17) is 40.5 Å². The molecule has 2 fully saturated rings. The van der Waals surface area contributed by atoms with Crippen LogP contribution in [0.4, 0.5) is 0 Å². The molecule has 4 atom stereocenters. The first-order chi connectivity index (χ1) is 18.1. The first kappa shape index (κ1) is 29.4. The average molecular weight is 579 g/mol. The van der Waals surface area contributed by atoms with Gasteiger partial charge in [0.05, 0.1) is 22.1 Å². The molecular formula is C30H38Cl3N3O2. The molecule has 206 valence electrons. The number of carbonyl (C=O) groups is 2. The number of fused-ring (bicyclic) bond motifs is 1. The highest BCUT2D eigenvalue weighted by atomic mass is 35.5. The van der Waals surface area contributed by atoms with Crippen LogP contribution < -0.4 is 5.73 Å². The molecule has 2 aromatic carbocycles. The van der Waals surface area contributed by atoms with Gasteiger partial charge in [-0.2, -0.15) is 0 Å². The zero-order valence-corrected chi connectivity index (χ0v) is 24.5. The van der Waals surface area contributed by atoms with E-state index in [1.165, 1.54) is 5.56 Å². The quantitative estimate of drug-likeness (QED) is 0.365. The summed E-state index contributed by atoms with van der Waals surface area (Å²) < 4.78 is 0. The molecule has 1 amide bonds. The molecule has 4 rings (SSSR count). The Morgan fingerprint density at radius 2 is 1.74 bits per heavy atom. The summed E-state index contributed by atoms with van der Waals surface area (Å²) in [6.45, 7) is 5.51. The Balaban J connectivity index is 1.49. The molecule has 0 spiro atoms. The van der Waals surface area contributed by atoms with Crippen LogP contribution in [0.5, 0.6) is 0 Å². The topological polar surface area (TPSA) is 66.6 Å². The highest BCUT2D eigenvalue weighted by Crippen LogP contribution is 2.31. The van der Waals surface area contributed by atoms with Gasteiger partial charge in [0.1, 0.15) is 0 Å². The Bertz CT molecular complexity index is 1120. The van der Waals surface area contributed by atoms with Crippen molar-refractivity contribution in [2.45, 2.75) is 83.0 Å². The number of nitrogens with zero attached hydrogens (tertiary/aromatic N) is 2. The summed E-state index contributed by atoms with van der Waals surface area (Å²) in [6, 6.07) is 13.0. The number of carbonyl (C=O) groups excluding carboxylic acids is 2. The molecule has 2 aliphatic rings. The van der Waals surface area contributed by atoms with Crippen molar-refractivity contribution in [3.8, 4) is 0 Å². The number of halogens is 3. The van der Waals surface area contributed by atoms with Gasteiger partial charge in [0.15, 0.2) is 5.78 Å². The van der Waals surface area contributed by atoms with Crippen molar-refractivity contribution < 1.29 is 9.59 Å². The predicted octanol–water partition coefficient (Wildman–Crippen LogP) is 6.20. The lowest BCUT2D eigenvalue weighted by Gasteiger charge is -2.33. The Kier molecular flexibility index (Phi) is 10.2. The number of rotatable bonds is 10. The first-order valence-electron chi connectivity index (χ1n) is 13.6. The van der Waals surface area contributed by atoms with E-state index in [1.54, 1.807) is 6.07 Å². The maximum atomic E-state index is 13.9. The fraction of sp³-hybridized carbons (Fsp3) is 0.533. The smallest absolute Gasteiger partial charge is 0.240 e. The summed E-state index contributed by atoms with van der Waals surface area (Å²) in [4.78, 5) is 31.8. The highest BCUT2D eigenvalue weighted by molar-refractivity contribution is 6.42. The normalized spacial score (nSPS) is 23.0. The molecule has 1 unspecified atom stereocenters. The first-order valence-corrected chi connectivity index (χ1v) is 14.8. The minimum absolute atomic E-state index is 0.0316. The zero-order chi connectivity index (χ0) is 27.4. The van der Waals surface area contributed by atoms with Crippen molar-refractivity contribution in [3.05, 3.63) is 68.7 Å². The number of ketones is 1. The van der Waals surface area contributed by atoms with Gasteiger partial charge in [-0.05, 0) is 79.8 Å². The largest absolute Gasteiger partial charge is 0.331 e. The van der Waals surface area contributed by atoms with Crippen molar-refractivity contribution >= 4 is 46.5 Å². The van der Waals surface area contributed by atoms with E-state index in [2.05, 4.69) is 30.9 Å². The minimum Gasteiger partial charge on any atom is -0.331 e. The van der Waals surface area contributed by atoms with Crippen LogP contribution in [-0.2, 0) is 22.4 Å². The van der Waals surface area contributed by atoms with Crippen LogP contribution in [-0.4, -0.2) is 58.7 Å². The highest BCUT2D eigenvalue weighted by Gasteiger charge is 2.45. The van der Waals surface area contributed by atoms with E-state index in [9.17, 15) is 9.59 Å². The third-order valence-corrected chi connectivity index (χ3v) is 8.87. The number of Topliss-reactive ketones (excluding diaryl/α,β-unsaturated/α-hetero) is 1. The van der Waals surface area contributed by atoms with Gasteiger partial charge in [0, 0.05) is 36.6 Å². The molecule has 0 radical (unpaired) electrons. The van der Waals surface area contributed by atoms with Gasteiger partial charge >= 0.3 is 0 Å². The molecule has 2 aromatic rings. The predicted molar refractivity (Wildman–Crippen MR) is 156 cm³/mol. The molecule has 5 nitrogen and oxygen atoms in total. The third-order valence-electron chi connectivity index (χ3n) is 7.88. The fourth-order valence-electron chi connectivity index (χ4n) is 5.91. The second-order valence-electron chi connectivity index (χ2n) is 11.2. The van der Waals surface area contributed by atoms with E-state index in [-0.39, 0.29) is 35.7 Å². The van der Waals surface area contributed by atoms with E-state index >= 15 is 0 Å². The maximum absolute atomic E-state index is 13.9. The van der Waals surface area contributed by atoms with E-state index in [1.807, 2.05) is 29.2 Å². The molecule has 8 heteroatoms. The summed E-state index contributed by atoms with van der Waals surface area (Å²) in [5, 5.41) is 1.72. The number of hydrogen-bond donors (Lipinski definition) is 1. The molecule has 0 bridgehead atoms. The van der Waals surface area contributed by atoms with Crippen molar-refractivity contribution in [3.63, 3.8) is 0 Å². The summed E-state index contributed by atoms with van der Waals surface area (Å²) in [5.74, 6) is 0.444. The Labute approximate surface area is 241 Å². The number of hydrogen-bond acceptors (Lipinski definition) is 4. The molecule has 2 saturated heterocycles. The van der Waals surface area contributed by atoms with Crippen molar-refractivity contribution in [2.75, 3.05) is 13.1 Å². The zero-order valence-electron chi connectivity index (χ0n) is 22.2. The van der Waals surface area contributed by atoms with E-state index in [0.717, 1.165) is 36.4 Å². The van der Waals surface area contributed by atoms with Crippen LogP contribution in [0.1, 0.15) is 57.1 Å². The Morgan fingerprint density at radius 3 is 2.42 bits per heavy atom.